The Balaban J connectivity index is 1.57. The van der Waals surface area contributed by atoms with E-state index in [0.29, 0.717) is 32.6 Å². The number of nitrogens with zero attached hydrogens (tertiary/aromatic N) is 1. The molecular formula is C31H45N3O. The first-order chi connectivity index (χ1) is 17.0. The van der Waals surface area contributed by atoms with Gasteiger partial charge in [0.15, 0.2) is 0 Å². The van der Waals surface area contributed by atoms with E-state index in [1.807, 2.05) is 11.0 Å². The number of rotatable bonds is 10. The maximum Gasteiger partial charge on any atom is 0.233 e. The minimum atomic E-state index is -0.526. The molecule has 190 valence electrons. The molecule has 1 amide bonds. The number of hydrogen-bond acceptors (Lipinski definition) is 3. The summed E-state index contributed by atoms with van der Waals surface area (Å²) in [7, 11) is 0. The molecule has 1 aliphatic carbocycles. The molecule has 4 heteroatoms. The van der Waals surface area contributed by atoms with Gasteiger partial charge in [0.25, 0.3) is 0 Å². The van der Waals surface area contributed by atoms with Crippen molar-refractivity contribution in [2.75, 3.05) is 19.6 Å². The van der Waals surface area contributed by atoms with Crippen molar-refractivity contribution < 1.29 is 4.79 Å². The lowest BCUT2D eigenvalue weighted by molar-refractivity contribution is -0.140. The Bertz CT molecular complexity index is 964. The third-order valence-electron chi connectivity index (χ3n) is 8.81. The van der Waals surface area contributed by atoms with Crippen LogP contribution in [0.4, 0.5) is 0 Å². The molecule has 1 saturated carbocycles. The Morgan fingerprint density at radius 1 is 0.943 bits per heavy atom. The predicted octanol–water partition coefficient (Wildman–Crippen LogP) is 5.87. The van der Waals surface area contributed by atoms with Gasteiger partial charge in [0.1, 0.15) is 0 Å². The summed E-state index contributed by atoms with van der Waals surface area (Å²) < 4.78 is 0. The third kappa shape index (κ3) is 5.65. The second kappa shape index (κ2) is 11.7. The molecule has 1 unspecified atom stereocenters. The molecule has 0 saturated heterocycles. The summed E-state index contributed by atoms with van der Waals surface area (Å²) in [6, 6.07) is 17.2. The zero-order valence-corrected chi connectivity index (χ0v) is 21.8. The monoisotopic (exact) mass is 475 g/mol. The van der Waals surface area contributed by atoms with E-state index in [0.717, 1.165) is 30.6 Å². The second-order valence-corrected chi connectivity index (χ2v) is 11.3. The van der Waals surface area contributed by atoms with Crippen molar-refractivity contribution in [1.29, 1.82) is 0 Å². The Morgan fingerprint density at radius 3 is 2.34 bits per heavy atom. The zero-order valence-electron chi connectivity index (χ0n) is 21.8. The van der Waals surface area contributed by atoms with Crippen LogP contribution >= 0.6 is 0 Å². The van der Waals surface area contributed by atoms with E-state index in [1.165, 1.54) is 54.4 Å². The van der Waals surface area contributed by atoms with Crippen molar-refractivity contribution in [3.05, 3.63) is 59.7 Å². The van der Waals surface area contributed by atoms with Gasteiger partial charge in [-0.05, 0) is 78.3 Å². The second-order valence-electron chi connectivity index (χ2n) is 11.3. The van der Waals surface area contributed by atoms with Crippen LogP contribution in [0.15, 0.2) is 48.5 Å². The summed E-state index contributed by atoms with van der Waals surface area (Å²) in [4.78, 5) is 15.9. The molecule has 4 N–H and O–H groups in total. The molecule has 0 bridgehead atoms. The Labute approximate surface area is 212 Å². The van der Waals surface area contributed by atoms with Crippen LogP contribution in [-0.4, -0.2) is 30.4 Å². The van der Waals surface area contributed by atoms with Gasteiger partial charge >= 0.3 is 0 Å². The third-order valence-corrected chi connectivity index (χ3v) is 8.81. The topological polar surface area (TPSA) is 72.4 Å². The minimum Gasteiger partial charge on any atom is -0.336 e. The van der Waals surface area contributed by atoms with Crippen molar-refractivity contribution in [2.24, 2.45) is 29.2 Å². The van der Waals surface area contributed by atoms with Crippen LogP contribution in [0.1, 0.15) is 76.3 Å². The van der Waals surface area contributed by atoms with Crippen molar-refractivity contribution in [1.82, 2.24) is 4.90 Å². The van der Waals surface area contributed by atoms with E-state index in [1.54, 1.807) is 0 Å². The van der Waals surface area contributed by atoms with Gasteiger partial charge < -0.3 is 16.4 Å². The van der Waals surface area contributed by atoms with Crippen LogP contribution < -0.4 is 11.5 Å². The summed E-state index contributed by atoms with van der Waals surface area (Å²) in [5.41, 5.74) is 16.4. The highest BCUT2D eigenvalue weighted by atomic mass is 16.2. The highest BCUT2D eigenvalue weighted by Gasteiger charge is 2.46. The molecule has 1 heterocycles. The van der Waals surface area contributed by atoms with Gasteiger partial charge in [0.05, 0.1) is 5.41 Å². The van der Waals surface area contributed by atoms with Gasteiger partial charge in [0, 0.05) is 19.6 Å². The van der Waals surface area contributed by atoms with E-state index >= 15 is 0 Å². The Kier molecular flexibility index (Phi) is 8.67. The first kappa shape index (κ1) is 25.9. The first-order valence-electron chi connectivity index (χ1n) is 13.9. The van der Waals surface area contributed by atoms with Crippen LogP contribution in [0.5, 0.6) is 0 Å². The van der Waals surface area contributed by atoms with E-state index < -0.39 is 5.41 Å². The lowest BCUT2D eigenvalue weighted by Crippen LogP contribution is -2.53. The molecule has 1 fully saturated rings. The molecule has 4 rings (SSSR count). The average molecular weight is 476 g/mol. The Morgan fingerprint density at radius 2 is 1.69 bits per heavy atom. The summed E-state index contributed by atoms with van der Waals surface area (Å²) in [6.45, 7) is 6.96. The fourth-order valence-electron chi connectivity index (χ4n) is 6.72. The maximum absolute atomic E-state index is 14.0. The lowest BCUT2D eigenvalue weighted by atomic mass is 9.67. The van der Waals surface area contributed by atoms with Crippen LogP contribution in [0.25, 0.3) is 11.1 Å². The van der Waals surface area contributed by atoms with Crippen LogP contribution in [-0.2, 0) is 16.8 Å². The molecular weight excluding hydrogens is 430 g/mol. The lowest BCUT2D eigenvalue weighted by Gasteiger charge is -2.44. The van der Waals surface area contributed by atoms with Crippen molar-refractivity contribution in [2.45, 2.75) is 77.2 Å². The minimum absolute atomic E-state index is 0.233. The van der Waals surface area contributed by atoms with E-state index in [9.17, 15) is 4.79 Å². The quantitative estimate of drug-likeness (QED) is 0.451. The number of hydrogen-bond donors (Lipinski definition) is 2. The molecule has 0 radical (unpaired) electrons. The van der Waals surface area contributed by atoms with Crippen LogP contribution in [0, 0.1) is 17.8 Å². The molecule has 1 aliphatic heterocycles. The number of fused-ring (bicyclic) bond motifs is 1. The number of nitrogens with two attached hydrogens (primary N) is 2. The van der Waals surface area contributed by atoms with E-state index in [2.05, 4.69) is 56.3 Å². The summed E-state index contributed by atoms with van der Waals surface area (Å²) in [5, 5.41) is 0. The summed E-state index contributed by atoms with van der Waals surface area (Å²) in [6.07, 6.45) is 9.30. The highest BCUT2D eigenvalue weighted by molar-refractivity contribution is 5.91. The van der Waals surface area contributed by atoms with Gasteiger partial charge in [-0.15, -0.1) is 0 Å². The summed E-state index contributed by atoms with van der Waals surface area (Å²) in [5.74, 6) is 2.73. The molecule has 0 aromatic heterocycles. The molecule has 35 heavy (non-hydrogen) atoms. The zero-order chi connectivity index (χ0) is 24.8. The summed E-state index contributed by atoms with van der Waals surface area (Å²) >= 11 is 0. The molecule has 4 nitrogen and oxygen atoms in total. The van der Waals surface area contributed by atoms with Gasteiger partial charge in [-0.3, -0.25) is 4.79 Å². The number of amides is 1. The van der Waals surface area contributed by atoms with Crippen molar-refractivity contribution in [3.8, 4) is 11.1 Å². The van der Waals surface area contributed by atoms with Gasteiger partial charge in [-0.2, -0.15) is 0 Å². The van der Waals surface area contributed by atoms with Gasteiger partial charge in [-0.1, -0.05) is 82.0 Å². The van der Waals surface area contributed by atoms with Gasteiger partial charge in [0.2, 0.25) is 5.91 Å². The average Bonchev–Trinajstić information content (AvgIpc) is 2.88. The predicted molar refractivity (Wildman–Crippen MR) is 146 cm³/mol. The van der Waals surface area contributed by atoms with Crippen molar-refractivity contribution >= 4 is 5.91 Å². The van der Waals surface area contributed by atoms with Crippen LogP contribution in [0.3, 0.4) is 0 Å². The van der Waals surface area contributed by atoms with Gasteiger partial charge in [-0.25, -0.2) is 0 Å². The largest absolute Gasteiger partial charge is 0.336 e. The first-order valence-corrected chi connectivity index (χ1v) is 13.9. The fourth-order valence-corrected chi connectivity index (χ4v) is 6.72. The highest BCUT2D eigenvalue weighted by Crippen LogP contribution is 2.44. The number of carbonyl (C=O) groups excluding carboxylic acids is 1. The van der Waals surface area contributed by atoms with Crippen molar-refractivity contribution in [3.63, 3.8) is 0 Å². The normalized spacial score (nSPS) is 24.6. The molecule has 2 aromatic carbocycles. The molecule has 0 spiro atoms. The fraction of sp³-hybridized carbons (Fsp3) is 0.581. The SMILES string of the molecule is CC(C)[C@H]1CC[C@@H](CCCC2(CCN)C(=O)N(CCN)Cc3cc(-c4ccccc4)ccc32)CC1. The smallest absolute Gasteiger partial charge is 0.233 e. The molecule has 2 aromatic rings. The van der Waals surface area contributed by atoms with Crippen LogP contribution in [0.2, 0.25) is 0 Å². The van der Waals surface area contributed by atoms with E-state index in [-0.39, 0.29) is 5.91 Å². The maximum atomic E-state index is 14.0. The standard InChI is InChI=1S/C31H45N3O/c1-23(2)25-12-10-24(11-13-25)7-6-16-31(17-18-32)29-15-14-27(26-8-4-3-5-9-26)21-28(29)22-34(20-19-33)30(31)35/h3-5,8-9,14-15,21,23-25H,6-7,10-13,16-20,22,32-33H2,1-2H3/t24-,25+,31?. The number of carbonyl (C=O) groups is 1. The Hall–Kier alpha value is -2.17. The van der Waals surface area contributed by atoms with E-state index in [4.69, 9.17) is 11.5 Å². The molecule has 2 aliphatic rings. The number of benzene rings is 2. The molecule has 1 atom stereocenters.